The Labute approximate surface area is 175 Å². The lowest BCUT2D eigenvalue weighted by molar-refractivity contribution is -0.385. The minimum absolute atomic E-state index is 0.0324. The van der Waals surface area contributed by atoms with Gasteiger partial charge in [-0.15, -0.1) is 11.3 Å². The van der Waals surface area contributed by atoms with Crippen LogP contribution < -0.4 is 4.72 Å². The highest BCUT2D eigenvalue weighted by Gasteiger charge is 2.22. The zero-order valence-electron chi connectivity index (χ0n) is 14.3. The van der Waals surface area contributed by atoms with Crippen molar-refractivity contribution >= 4 is 50.2 Å². The highest BCUT2D eigenvalue weighted by Crippen LogP contribution is 2.33. The number of benzene rings is 2. The first kappa shape index (κ1) is 20.7. The Morgan fingerprint density at radius 1 is 1.18 bits per heavy atom. The first-order valence-corrected chi connectivity index (χ1v) is 10.9. The van der Waals surface area contributed by atoms with Crippen molar-refractivity contribution in [2.45, 2.75) is 18.4 Å². The Kier molecular flexibility index (Phi) is 6.01. The third-order valence-corrected chi connectivity index (χ3v) is 7.24. The summed E-state index contributed by atoms with van der Waals surface area (Å²) in [5, 5.41) is 12.0. The number of non-ortho nitro benzene ring substituents is 1. The lowest BCUT2D eigenvalue weighted by Gasteiger charge is -2.07. The van der Waals surface area contributed by atoms with Gasteiger partial charge in [0.25, 0.3) is 5.69 Å². The van der Waals surface area contributed by atoms with Crippen molar-refractivity contribution in [2.75, 3.05) is 0 Å². The number of aromatic nitrogens is 1. The molecular formula is C17H13Cl2N3O4S2. The Hall–Kier alpha value is -2.04. The molecule has 0 aliphatic rings. The minimum atomic E-state index is -4.06. The van der Waals surface area contributed by atoms with Gasteiger partial charge >= 0.3 is 0 Å². The summed E-state index contributed by atoms with van der Waals surface area (Å²) in [6.45, 7) is 1.73. The van der Waals surface area contributed by atoms with Crippen molar-refractivity contribution in [1.82, 2.24) is 9.71 Å². The lowest BCUT2D eigenvalue weighted by atomic mass is 10.2. The summed E-state index contributed by atoms with van der Waals surface area (Å²) in [6.07, 6.45) is 0. The molecule has 1 heterocycles. The van der Waals surface area contributed by atoms with Gasteiger partial charge in [-0.3, -0.25) is 10.1 Å². The van der Waals surface area contributed by atoms with E-state index in [-0.39, 0.29) is 22.2 Å². The van der Waals surface area contributed by atoms with E-state index in [0.29, 0.717) is 20.6 Å². The predicted octanol–water partition coefficient (Wildman–Crippen LogP) is 4.81. The standard InChI is InChI=1S/C17H13Cl2N3O4S2/c1-10-15(27-17(21-10)12-4-2-3-5-13(12)18)9-20-28(25,26)16-8-11(22(23)24)6-7-14(16)19/h2-8,20H,9H2,1H3. The molecule has 2 aromatic carbocycles. The molecule has 0 spiro atoms. The van der Waals surface area contributed by atoms with Crippen LogP contribution in [0.3, 0.4) is 0 Å². The second-order valence-electron chi connectivity index (χ2n) is 5.70. The molecular weight excluding hydrogens is 445 g/mol. The fourth-order valence-electron chi connectivity index (χ4n) is 2.39. The zero-order valence-corrected chi connectivity index (χ0v) is 17.5. The van der Waals surface area contributed by atoms with Crippen molar-refractivity contribution < 1.29 is 13.3 Å². The second kappa shape index (κ2) is 8.14. The molecule has 7 nitrogen and oxygen atoms in total. The molecule has 28 heavy (non-hydrogen) atoms. The highest BCUT2D eigenvalue weighted by molar-refractivity contribution is 7.89. The van der Waals surface area contributed by atoms with E-state index in [1.54, 1.807) is 13.0 Å². The molecule has 146 valence electrons. The Balaban J connectivity index is 1.85. The molecule has 1 aromatic heterocycles. The first-order valence-electron chi connectivity index (χ1n) is 7.84. The number of aryl methyl sites for hydroxylation is 1. The fraction of sp³-hybridized carbons (Fsp3) is 0.118. The molecule has 0 fully saturated rings. The van der Waals surface area contributed by atoms with Crippen molar-refractivity contribution in [3.8, 4) is 10.6 Å². The quantitative estimate of drug-likeness (QED) is 0.422. The van der Waals surface area contributed by atoms with Gasteiger partial charge in [-0.1, -0.05) is 41.4 Å². The second-order valence-corrected chi connectivity index (χ2v) is 9.34. The molecule has 0 bridgehead atoms. The summed E-state index contributed by atoms with van der Waals surface area (Å²) in [5.74, 6) is 0. The number of hydrogen-bond acceptors (Lipinski definition) is 6. The van der Waals surface area contributed by atoms with E-state index in [4.69, 9.17) is 23.2 Å². The smallest absolute Gasteiger partial charge is 0.258 e. The van der Waals surface area contributed by atoms with Crippen LogP contribution in [-0.4, -0.2) is 18.3 Å². The number of sulfonamides is 1. The van der Waals surface area contributed by atoms with Gasteiger partial charge in [-0.05, 0) is 19.1 Å². The van der Waals surface area contributed by atoms with Gasteiger partial charge in [0.05, 0.1) is 20.7 Å². The molecule has 3 aromatic rings. The van der Waals surface area contributed by atoms with E-state index >= 15 is 0 Å². The number of hydrogen-bond donors (Lipinski definition) is 1. The third-order valence-electron chi connectivity index (χ3n) is 3.83. The summed E-state index contributed by atoms with van der Waals surface area (Å²) in [7, 11) is -4.06. The predicted molar refractivity (Wildman–Crippen MR) is 109 cm³/mol. The number of thiazole rings is 1. The van der Waals surface area contributed by atoms with E-state index in [0.717, 1.165) is 17.7 Å². The molecule has 1 N–H and O–H groups in total. The van der Waals surface area contributed by atoms with E-state index in [9.17, 15) is 18.5 Å². The molecule has 0 aliphatic carbocycles. The van der Waals surface area contributed by atoms with Gasteiger partial charge in [-0.2, -0.15) is 0 Å². The van der Waals surface area contributed by atoms with Crippen molar-refractivity contribution in [2.24, 2.45) is 0 Å². The Morgan fingerprint density at radius 3 is 2.57 bits per heavy atom. The first-order chi connectivity index (χ1) is 13.2. The number of rotatable bonds is 6. The van der Waals surface area contributed by atoms with Gasteiger partial charge in [0.1, 0.15) is 9.90 Å². The van der Waals surface area contributed by atoms with Crippen LogP contribution in [0.4, 0.5) is 5.69 Å². The van der Waals surface area contributed by atoms with Crippen molar-refractivity contribution in [3.05, 3.63) is 73.2 Å². The molecule has 0 amide bonds. The van der Waals surface area contributed by atoms with Crippen LogP contribution in [-0.2, 0) is 16.6 Å². The SMILES string of the molecule is Cc1nc(-c2ccccc2Cl)sc1CNS(=O)(=O)c1cc([N+](=O)[O-])ccc1Cl. The molecule has 0 radical (unpaired) electrons. The maximum Gasteiger partial charge on any atom is 0.270 e. The van der Waals surface area contributed by atoms with Crippen molar-refractivity contribution in [1.29, 1.82) is 0 Å². The van der Waals surface area contributed by atoms with E-state index in [1.807, 2.05) is 18.2 Å². The molecule has 0 atom stereocenters. The summed E-state index contributed by atoms with van der Waals surface area (Å²) >= 11 is 13.4. The van der Waals surface area contributed by atoms with Gasteiger partial charge in [-0.25, -0.2) is 18.1 Å². The third kappa shape index (κ3) is 4.34. The normalized spacial score (nSPS) is 11.5. The molecule has 3 rings (SSSR count). The van der Waals surface area contributed by atoms with Gasteiger partial charge in [0.2, 0.25) is 10.0 Å². The van der Waals surface area contributed by atoms with Crippen LogP contribution in [0.25, 0.3) is 10.6 Å². The highest BCUT2D eigenvalue weighted by atomic mass is 35.5. The number of nitro benzene ring substituents is 1. The van der Waals surface area contributed by atoms with Crippen LogP contribution >= 0.6 is 34.5 Å². The molecule has 0 aliphatic heterocycles. The molecule has 0 unspecified atom stereocenters. The molecule has 0 saturated carbocycles. The number of nitrogens with one attached hydrogen (secondary N) is 1. The monoisotopic (exact) mass is 457 g/mol. The topological polar surface area (TPSA) is 102 Å². The lowest BCUT2D eigenvalue weighted by Crippen LogP contribution is -2.23. The zero-order chi connectivity index (χ0) is 20.5. The number of nitrogens with zero attached hydrogens (tertiary/aromatic N) is 2. The van der Waals surface area contributed by atoms with E-state index in [2.05, 4.69) is 9.71 Å². The maximum atomic E-state index is 12.6. The maximum absolute atomic E-state index is 12.6. The summed E-state index contributed by atoms with van der Waals surface area (Å²) in [6, 6.07) is 10.5. The van der Waals surface area contributed by atoms with Crippen LogP contribution in [0.1, 0.15) is 10.6 Å². The Morgan fingerprint density at radius 2 is 1.89 bits per heavy atom. The van der Waals surface area contributed by atoms with Gasteiger partial charge < -0.3 is 0 Å². The fourth-order valence-corrected chi connectivity index (χ4v) is 5.32. The average Bonchev–Trinajstić information content (AvgIpc) is 3.01. The average molecular weight is 458 g/mol. The number of nitro groups is 1. The van der Waals surface area contributed by atoms with E-state index < -0.39 is 14.9 Å². The molecule has 11 heteroatoms. The van der Waals surface area contributed by atoms with Crippen molar-refractivity contribution in [3.63, 3.8) is 0 Å². The van der Waals surface area contributed by atoms with Crippen LogP contribution in [0, 0.1) is 17.0 Å². The van der Waals surface area contributed by atoms with Crippen LogP contribution in [0.2, 0.25) is 10.0 Å². The van der Waals surface area contributed by atoms with Gasteiger partial charge in [0.15, 0.2) is 0 Å². The summed E-state index contributed by atoms with van der Waals surface area (Å²) < 4.78 is 27.6. The molecule has 0 saturated heterocycles. The number of halogens is 2. The van der Waals surface area contributed by atoms with Gasteiger partial charge in [0, 0.05) is 29.1 Å². The minimum Gasteiger partial charge on any atom is -0.258 e. The van der Waals surface area contributed by atoms with Crippen LogP contribution in [0.5, 0.6) is 0 Å². The largest absolute Gasteiger partial charge is 0.270 e. The Bertz CT molecular complexity index is 1160. The van der Waals surface area contributed by atoms with E-state index in [1.165, 1.54) is 17.4 Å². The summed E-state index contributed by atoms with van der Waals surface area (Å²) in [5.41, 5.74) is 1.06. The van der Waals surface area contributed by atoms with Crippen LogP contribution in [0.15, 0.2) is 47.4 Å². The summed E-state index contributed by atoms with van der Waals surface area (Å²) in [4.78, 5) is 15.0.